The number of rotatable bonds is 32. The number of aliphatic hydroxyl groups is 2. The summed E-state index contributed by atoms with van der Waals surface area (Å²) in [6, 6.07) is 16.0. The van der Waals surface area contributed by atoms with Gasteiger partial charge < -0.3 is 52.8 Å². The van der Waals surface area contributed by atoms with E-state index >= 15 is 0 Å². The van der Waals surface area contributed by atoms with Gasteiger partial charge in [-0.3, -0.25) is 9.59 Å². The fourth-order valence-corrected chi connectivity index (χ4v) is 12.6. The Morgan fingerprint density at radius 1 is 0.425 bits per heavy atom. The summed E-state index contributed by atoms with van der Waals surface area (Å²) in [7, 11) is 0. The summed E-state index contributed by atoms with van der Waals surface area (Å²) < 4.78 is 54.1. The van der Waals surface area contributed by atoms with Gasteiger partial charge >= 0.3 is 29.8 Å². The van der Waals surface area contributed by atoms with Gasteiger partial charge in [-0.2, -0.15) is 0 Å². The molecule has 4 aromatic rings. The molecule has 0 unspecified atom stereocenters. The molecule has 0 fully saturated rings. The Bertz CT molecular complexity index is 2840. The van der Waals surface area contributed by atoms with Crippen molar-refractivity contribution >= 4 is 163 Å². The predicted molar refractivity (Wildman–Crippen MR) is 358 cm³/mol. The molecule has 0 radical (unpaired) electrons. The van der Waals surface area contributed by atoms with Gasteiger partial charge in [0, 0.05) is 40.4 Å². The maximum Gasteiger partial charge on any atom is 0.333 e. The molecule has 4 aromatic carbocycles. The topological polar surface area (TPSA) is 238 Å². The minimum Gasteiger partial charge on any atom is -0.489 e. The molecule has 0 saturated carbocycles. The molecule has 0 saturated heterocycles. The quantitative estimate of drug-likeness (QED) is 0.0115. The molecule has 0 spiro atoms. The third-order valence-corrected chi connectivity index (χ3v) is 16.5. The van der Waals surface area contributed by atoms with Gasteiger partial charge in [0.2, 0.25) is 6.08 Å². The molecule has 476 valence electrons. The maximum absolute atomic E-state index is 12.0. The van der Waals surface area contributed by atoms with Crippen LogP contribution in [0.3, 0.4) is 0 Å². The molecule has 0 aliphatic rings. The van der Waals surface area contributed by atoms with Gasteiger partial charge in [0.05, 0.1) is 68.8 Å². The van der Waals surface area contributed by atoms with Crippen LogP contribution >= 0.6 is 127 Å². The van der Waals surface area contributed by atoms with Crippen LogP contribution in [0.2, 0.25) is 0 Å². The Morgan fingerprint density at radius 2 is 0.678 bits per heavy atom. The first-order chi connectivity index (χ1) is 40.9. The zero-order valence-electron chi connectivity index (χ0n) is 49.0. The van der Waals surface area contributed by atoms with Gasteiger partial charge in [-0.1, -0.05) is 47.4 Å². The van der Waals surface area contributed by atoms with E-state index in [4.69, 9.17) is 48.1 Å². The second-order valence-corrected chi connectivity index (χ2v) is 26.4. The van der Waals surface area contributed by atoms with Crippen molar-refractivity contribution in [3.8, 4) is 23.0 Å². The number of hydrogen-bond donors (Lipinski definition) is 2. The van der Waals surface area contributed by atoms with Crippen molar-refractivity contribution in [1.82, 2.24) is 0 Å². The highest BCUT2D eigenvalue weighted by Gasteiger charge is 2.29. The highest BCUT2D eigenvalue weighted by atomic mass is 79.9. The zero-order chi connectivity index (χ0) is 65.6. The number of aliphatic imine (C=N–C) groups is 1. The summed E-state index contributed by atoms with van der Waals surface area (Å²) in [5.74, 6) is 0.218. The zero-order valence-corrected chi connectivity index (χ0v) is 61.7. The largest absolute Gasteiger partial charge is 0.489 e. The SMILES string of the molecule is C=C(C)C(=O)OCCCC(=O)OCCOc1c(Br)cc(C(C)(C)c2cc(Br)c(OCCOC(=O)CCCOC(=O)C(=C)C)c(Br)c2)cc1Br.C=C(C)C(=O)OCCN=C=O.CC(C)(c1cc(Br)c(OCCO)c(Br)c1)c1cc(Br)c(OCCO)c(Br)c1. The minimum absolute atomic E-state index is 0.0428. The van der Waals surface area contributed by atoms with Gasteiger partial charge in [-0.15, -0.1) is 0 Å². The molecule has 87 heavy (non-hydrogen) atoms. The number of benzene rings is 4. The Labute approximate surface area is 574 Å². The number of isocyanates is 1. The lowest BCUT2D eigenvalue weighted by Crippen LogP contribution is -2.20. The lowest BCUT2D eigenvalue weighted by atomic mass is 9.78. The maximum atomic E-state index is 12.0. The van der Waals surface area contributed by atoms with Crippen molar-refractivity contribution in [2.45, 2.75) is 85.0 Å². The van der Waals surface area contributed by atoms with Crippen molar-refractivity contribution in [2.75, 3.05) is 79.2 Å². The number of halogens is 8. The molecule has 18 nitrogen and oxygen atoms in total. The van der Waals surface area contributed by atoms with Gasteiger partial charge in [-0.25, -0.2) is 24.2 Å². The molecule has 0 atom stereocenters. The van der Waals surface area contributed by atoms with E-state index in [1.165, 1.54) is 6.08 Å². The first kappa shape index (κ1) is 78.9. The Kier molecular flexibility index (Phi) is 36.7. The van der Waals surface area contributed by atoms with Crippen LogP contribution < -0.4 is 18.9 Å². The number of carbonyl (C=O) groups excluding carboxylic acids is 6. The molecular weight excluding hydrogens is 1660 g/mol. The molecular formula is C61H69Br8NO17. The monoisotopic (exact) mass is 1720 g/mol. The average molecular weight is 1730 g/mol. The Morgan fingerprint density at radius 3 is 0.920 bits per heavy atom. The molecule has 0 amide bonds. The second kappa shape index (κ2) is 40.5. The molecule has 0 heterocycles. The van der Waals surface area contributed by atoms with E-state index in [1.807, 2.05) is 48.5 Å². The van der Waals surface area contributed by atoms with E-state index in [1.54, 1.807) is 20.8 Å². The third-order valence-electron chi connectivity index (χ3n) is 11.8. The molecule has 0 bridgehead atoms. The van der Waals surface area contributed by atoms with Crippen LogP contribution in [0.1, 0.15) is 96.4 Å². The van der Waals surface area contributed by atoms with E-state index < -0.39 is 35.3 Å². The van der Waals surface area contributed by atoms with E-state index in [0.29, 0.717) is 52.6 Å². The molecule has 2 N–H and O–H groups in total. The predicted octanol–water partition coefficient (Wildman–Crippen LogP) is 15.0. The standard InChI is InChI=1S/C35H40Br4O10.C19H20Br4O4.C7H9NO3/c1-21(2)33(42)48-11-7-9-29(40)44-13-15-46-31-25(36)17-23(18-26(31)37)35(5,6)24-19-27(38)32(28(39)20-24)47-16-14-45-30(41)10-8-12-49-34(43)22(3)4;1-19(2,11-7-13(20)17(14(21)8-11)26-5-3-24)12-9-15(22)18(16(23)10-12)27-6-4-25;1-6(2)7(10)11-4-3-8-5-9/h17-20H,1,3,7-16H2,2,4-6H3;7-10,24-25H,3-6H2,1-2H3;1,3-4H2,2H3. The second-order valence-electron chi connectivity index (χ2n) is 19.5. The molecule has 0 aliphatic carbocycles. The number of aliphatic hydroxyl groups excluding tert-OH is 2. The van der Waals surface area contributed by atoms with Gasteiger partial charge in [0.1, 0.15) is 69.2 Å². The van der Waals surface area contributed by atoms with Crippen LogP contribution in [0, 0.1) is 0 Å². The van der Waals surface area contributed by atoms with Crippen LogP contribution in [-0.2, 0) is 63.3 Å². The van der Waals surface area contributed by atoms with Crippen molar-refractivity contribution < 1.29 is 81.6 Å². The molecule has 26 heteroatoms. The smallest absolute Gasteiger partial charge is 0.333 e. The summed E-state index contributed by atoms with van der Waals surface area (Å²) in [4.78, 5) is 70.1. The highest BCUT2D eigenvalue weighted by molar-refractivity contribution is 9.12. The third kappa shape index (κ3) is 27.4. The number of carbonyl (C=O) groups is 5. The van der Waals surface area contributed by atoms with Crippen molar-refractivity contribution in [3.63, 3.8) is 0 Å². The van der Waals surface area contributed by atoms with Gasteiger partial charge in [0.15, 0.2) is 0 Å². The molecule has 0 aliphatic heterocycles. The summed E-state index contributed by atoms with van der Waals surface area (Å²) in [6.07, 6.45) is 2.28. The lowest BCUT2D eigenvalue weighted by molar-refractivity contribution is -0.146. The summed E-state index contributed by atoms with van der Waals surface area (Å²) in [5.41, 5.74) is 4.34. The normalized spacial score (nSPS) is 10.8. The summed E-state index contributed by atoms with van der Waals surface area (Å²) in [5, 5.41) is 18.0. The lowest BCUT2D eigenvalue weighted by Gasteiger charge is -2.28. The summed E-state index contributed by atoms with van der Waals surface area (Å²) >= 11 is 28.7. The number of esters is 5. The highest BCUT2D eigenvalue weighted by Crippen LogP contribution is 2.46. The van der Waals surface area contributed by atoms with E-state index in [0.717, 1.165) is 58.0 Å². The van der Waals surface area contributed by atoms with Gasteiger partial charge in [0.25, 0.3) is 0 Å². The molecule has 0 aromatic heterocycles. The van der Waals surface area contributed by atoms with Crippen LogP contribution in [0.5, 0.6) is 23.0 Å². The van der Waals surface area contributed by atoms with Crippen LogP contribution in [-0.4, -0.2) is 125 Å². The Balaban J connectivity index is 0.000000561. The van der Waals surface area contributed by atoms with Crippen molar-refractivity contribution in [1.29, 1.82) is 0 Å². The summed E-state index contributed by atoms with van der Waals surface area (Å²) in [6.45, 7) is 24.8. The van der Waals surface area contributed by atoms with E-state index in [9.17, 15) is 28.8 Å². The van der Waals surface area contributed by atoms with Crippen LogP contribution in [0.15, 0.2) is 126 Å². The van der Waals surface area contributed by atoms with E-state index in [-0.39, 0.29) is 97.5 Å². The van der Waals surface area contributed by atoms with Gasteiger partial charge in [-0.05, 0) is 232 Å². The Hall–Kier alpha value is -4.21. The average Bonchev–Trinajstić information content (AvgIpc) is 1.01. The fourth-order valence-electron chi connectivity index (χ4n) is 6.97. The number of hydrogen-bond acceptors (Lipinski definition) is 18. The van der Waals surface area contributed by atoms with Crippen molar-refractivity contribution in [2.24, 2.45) is 4.99 Å². The van der Waals surface area contributed by atoms with E-state index in [2.05, 4.69) is 185 Å². The number of ether oxygens (including phenoxy) is 9. The van der Waals surface area contributed by atoms with Crippen LogP contribution in [0.25, 0.3) is 0 Å². The minimum atomic E-state index is -0.485. The number of nitrogens with zero attached hydrogens (tertiary/aromatic N) is 1. The first-order valence-corrected chi connectivity index (χ1v) is 32.8. The van der Waals surface area contributed by atoms with Crippen LogP contribution in [0.4, 0.5) is 0 Å². The fraction of sp³-hybridized carbons (Fsp3) is 0.410. The molecule has 4 rings (SSSR count). The first-order valence-electron chi connectivity index (χ1n) is 26.5. The van der Waals surface area contributed by atoms with Crippen molar-refractivity contribution in [3.05, 3.63) is 143 Å².